The number of aromatic amines is 1. The van der Waals surface area contributed by atoms with Crippen molar-refractivity contribution in [2.24, 2.45) is 0 Å². The summed E-state index contributed by atoms with van der Waals surface area (Å²) in [5, 5.41) is 16.5. The summed E-state index contributed by atoms with van der Waals surface area (Å²) in [5.41, 5.74) is 2.05. The normalized spacial score (nSPS) is 12.2. The van der Waals surface area contributed by atoms with Crippen LogP contribution in [0, 0.1) is 11.2 Å². The topological polar surface area (TPSA) is 64.6 Å². The smallest absolute Gasteiger partial charge is 0.164 e. The molecule has 1 aromatic heterocycles. The number of H-pyrrole nitrogens is 1. The van der Waals surface area contributed by atoms with Gasteiger partial charge in [-0.25, -0.2) is 4.39 Å². The molecule has 0 aliphatic rings. The lowest BCUT2D eigenvalue weighted by molar-refractivity contribution is 0.614. The van der Waals surface area contributed by atoms with Crippen LogP contribution in [-0.4, -0.2) is 23.0 Å². The number of aromatic nitrogens is 2. The van der Waals surface area contributed by atoms with Gasteiger partial charge in [-0.3, -0.25) is 5.10 Å². The van der Waals surface area contributed by atoms with Crippen molar-refractivity contribution in [1.29, 1.82) is 5.41 Å². The van der Waals surface area contributed by atoms with E-state index in [1.807, 2.05) is 13.8 Å². The molecule has 0 aliphatic heterocycles. The highest BCUT2D eigenvalue weighted by molar-refractivity contribution is 5.77. The lowest BCUT2D eigenvalue weighted by Gasteiger charge is -2.08. The third kappa shape index (κ3) is 2.90. The molecular weight excluding hydrogens is 195 g/mol. The standard InChI is InChI=1S/C10H15FN4/c1-3-13-7(2)8(5-12)4-10-9(11)6-14-15-10/h5-6,12-13H,3-4H2,1-2H3,(H,14,15)/b8-7-,12-5?. The summed E-state index contributed by atoms with van der Waals surface area (Å²) >= 11 is 0. The minimum atomic E-state index is -0.362. The summed E-state index contributed by atoms with van der Waals surface area (Å²) in [7, 11) is 0. The van der Waals surface area contributed by atoms with Gasteiger partial charge in [0.2, 0.25) is 0 Å². The van der Waals surface area contributed by atoms with Crippen LogP contribution < -0.4 is 5.32 Å². The Morgan fingerprint density at radius 2 is 2.47 bits per heavy atom. The van der Waals surface area contributed by atoms with Crippen molar-refractivity contribution >= 4 is 6.21 Å². The molecule has 3 N–H and O–H groups in total. The summed E-state index contributed by atoms with van der Waals surface area (Å²) < 4.78 is 13.1. The zero-order chi connectivity index (χ0) is 11.3. The molecule has 0 fully saturated rings. The molecule has 0 saturated carbocycles. The molecule has 0 radical (unpaired) electrons. The van der Waals surface area contributed by atoms with E-state index >= 15 is 0 Å². The van der Waals surface area contributed by atoms with Crippen LogP contribution in [0.4, 0.5) is 4.39 Å². The molecule has 0 bridgehead atoms. The summed E-state index contributed by atoms with van der Waals surface area (Å²) in [4.78, 5) is 0. The third-order valence-corrected chi connectivity index (χ3v) is 2.13. The van der Waals surface area contributed by atoms with Crippen LogP contribution in [0.5, 0.6) is 0 Å². The van der Waals surface area contributed by atoms with Crippen LogP contribution in [0.15, 0.2) is 17.5 Å². The van der Waals surface area contributed by atoms with E-state index in [0.717, 1.165) is 24.0 Å². The fourth-order valence-corrected chi connectivity index (χ4v) is 1.28. The number of halogens is 1. The van der Waals surface area contributed by atoms with E-state index in [0.29, 0.717) is 12.1 Å². The summed E-state index contributed by atoms with van der Waals surface area (Å²) in [5.74, 6) is -0.362. The zero-order valence-corrected chi connectivity index (χ0v) is 8.89. The van der Waals surface area contributed by atoms with Gasteiger partial charge in [0.1, 0.15) is 0 Å². The highest BCUT2D eigenvalue weighted by Crippen LogP contribution is 2.10. The van der Waals surface area contributed by atoms with Gasteiger partial charge in [-0.15, -0.1) is 0 Å². The largest absolute Gasteiger partial charge is 0.389 e. The molecule has 5 heteroatoms. The van der Waals surface area contributed by atoms with Crippen LogP contribution in [0.2, 0.25) is 0 Å². The molecule has 0 saturated heterocycles. The van der Waals surface area contributed by atoms with Crippen molar-refractivity contribution in [2.45, 2.75) is 20.3 Å². The van der Waals surface area contributed by atoms with Crippen molar-refractivity contribution in [3.8, 4) is 0 Å². The van der Waals surface area contributed by atoms with E-state index in [9.17, 15) is 4.39 Å². The minimum absolute atomic E-state index is 0.355. The minimum Gasteiger partial charge on any atom is -0.389 e. The van der Waals surface area contributed by atoms with E-state index in [1.165, 1.54) is 6.21 Å². The number of hydrogen-bond donors (Lipinski definition) is 3. The van der Waals surface area contributed by atoms with Crippen LogP contribution >= 0.6 is 0 Å². The molecule has 0 aromatic carbocycles. The maximum Gasteiger partial charge on any atom is 0.164 e. The molecule has 0 spiro atoms. The predicted octanol–water partition coefficient (Wildman–Crippen LogP) is 1.62. The van der Waals surface area contributed by atoms with Gasteiger partial charge >= 0.3 is 0 Å². The van der Waals surface area contributed by atoms with Crippen molar-refractivity contribution in [2.75, 3.05) is 6.54 Å². The molecule has 1 rings (SSSR count). The Balaban J connectivity index is 2.82. The number of nitrogens with one attached hydrogen (secondary N) is 3. The lowest BCUT2D eigenvalue weighted by atomic mass is 10.1. The fourth-order valence-electron chi connectivity index (χ4n) is 1.28. The van der Waals surface area contributed by atoms with Crippen LogP contribution in [-0.2, 0) is 6.42 Å². The lowest BCUT2D eigenvalue weighted by Crippen LogP contribution is -2.13. The maximum atomic E-state index is 13.1. The second-order valence-electron chi connectivity index (χ2n) is 3.20. The molecular formula is C10H15FN4. The number of hydrogen-bond acceptors (Lipinski definition) is 3. The monoisotopic (exact) mass is 210 g/mol. The first kappa shape index (κ1) is 11.4. The fraction of sp³-hybridized carbons (Fsp3) is 0.400. The maximum absolute atomic E-state index is 13.1. The Morgan fingerprint density at radius 3 is 2.93 bits per heavy atom. The quantitative estimate of drug-likeness (QED) is 0.647. The Morgan fingerprint density at radius 1 is 1.73 bits per heavy atom. The van der Waals surface area contributed by atoms with Gasteiger partial charge in [-0.2, -0.15) is 5.10 Å². The first-order valence-electron chi connectivity index (χ1n) is 4.80. The molecule has 4 nitrogen and oxygen atoms in total. The van der Waals surface area contributed by atoms with E-state index in [-0.39, 0.29) is 5.82 Å². The van der Waals surface area contributed by atoms with Gasteiger partial charge in [0.15, 0.2) is 5.82 Å². The Bertz CT molecular complexity index is 367. The van der Waals surface area contributed by atoms with Crippen molar-refractivity contribution in [3.63, 3.8) is 0 Å². The highest BCUT2D eigenvalue weighted by Gasteiger charge is 2.07. The molecule has 15 heavy (non-hydrogen) atoms. The average molecular weight is 210 g/mol. The summed E-state index contributed by atoms with van der Waals surface area (Å²) in [6, 6.07) is 0. The van der Waals surface area contributed by atoms with Crippen LogP contribution in [0.1, 0.15) is 19.5 Å². The Kier molecular flexibility index (Phi) is 4.03. The molecule has 0 aliphatic carbocycles. The van der Waals surface area contributed by atoms with E-state index in [4.69, 9.17) is 5.41 Å². The van der Waals surface area contributed by atoms with Gasteiger partial charge in [0, 0.05) is 24.9 Å². The van der Waals surface area contributed by atoms with Crippen LogP contribution in [0.3, 0.4) is 0 Å². The molecule has 0 atom stereocenters. The van der Waals surface area contributed by atoms with Gasteiger partial charge < -0.3 is 10.7 Å². The summed E-state index contributed by atoms with van der Waals surface area (Å²) in [6.07, 6.45) is 2.73. The van der Waals surface area contributed by atoms with Crippen molar-refractivity contribution < 1.29 is 4.39 Å². The van der Waals surface area contributed by atoms with Gasteiger partial charge in [-0.1, -0.05) is 0 Å². The second-order valence-corrected chi connectivity index (χ2v) is 3.20. The molecule has 1 heterocycles. The molecule has 0 unspecified atom stereocenters. The van der Waals surface area contributed by atoms with Gasteiger partial charge in [-0.05, 0) is 19.4 Å². The van der Waals surface area contributed by atoms with Gasteiger partial charge in [0.05, 0.1) is 11.9 Å². The van der Waals surface area contributed by atoms with Crippen LogP contribution in [0.25, 0.3) is 0 Å². The number of nitrogens with zero attached hydrogens (tertiary/aromatic N) is 1. The summed E-state index contributed by atoms with van der Waals surface area (Å²) in [6.45, 7) is 4.63. The first-order chi connectivity index (χ1) is 7.19. The molecule has 0 amide bonds. The second kappa shape index (κ2) is 5.29. The van der Waals surface area contributed by atoms with Crippen molar-refractivity contribution in [3.05, 3.63) is 29.0 Å². The molecule has 82 valence electrons. The van der Waals surface area contributed by atoms with Gasteiger partial charge in [0.25, 0.3) is 0 Å². The van der Waals surface area contributed by atoms with E-state index in [1.54, 1.807) is 0 Å². The van der Waals surface area contributed by atoms with E-state index in [2.05, 4.69) is 15.5 Å². The third-order valence-electron chi connectivity index (χ3n) is 2.13. The first-order valence-corrected chi connectivity index (χ1v) is 4.80. The Hall–Kier alpha value is -1.65. The number of allylic oxidation sites excluding steroid dienone is 2. The highest BCUT2D eigenvalue weighted by atomic mass is 19.1. The number of rotatable bonds is 5. The SMILES string of the molecule is CCN/C(C)=C(\C=N)Cc1[nH]ncc1F. The Labute approximate surface area is 88.1 Å². The average Bonchev–Trinajstić information content (AvgIpc) is 2.61. The molecule has 1 aromatic rings. The predicted molar refractivity (Wildman–Crippen MR) is 57.4 cm³/mol. The van der Waals surface area contributed by atoms with E-state index < -0.39 is 0 Å². The van der Waals surface area contributed by atoms with Crippen molar-refractivity contribution in [1.82, 2.24) is 15.5 Å². The zero-order valence-electron chi connectivity index (χ0n) is 8.89.